The highest BCUT2D eigenvalue weighted by Gasteiger charge is 2.20. The molecule has 0 aliphatic carbocycles. The quantitative estimate of drug-likeness (QED) is 0.380. The number of carbonyl (C=O) groups excluding carboxylic acids is 2. The largest absolute Gasteiger partial charge is 0.299 e. The molecule has 0 amide bonds. The minimum Gasteiger partial charge on any atom is -0.299 e. The van der Waals surface area contributed by atoms with Crippen LogP contribution in [-0.2, 0) is 9.59 Å². The Bertz CT molecular complexity index is 221. The van der Waals surface area contributed by atoms with Gasteiger partial charge in [0, 0.05) is 5.92 Å². The van der Waals surface area contributed by atoms with Gasteiger partial charge in [-0.1, -0.05) is 72.1 Å². The number of hydrogen-bond donors (Lipinski definition) is 0. The van der Waals surface area contributed by atoms with E-state index >= 15 is 0 Å². The molecule has 1 atom stereocenters. The topological polar surface area (TPSA) is 34.1 Å². The van der Waals surface area contributed by atoms with Crippen molar-refractivity contribution in [1.29, 1.82) is 0 Å². The SMILES string of the molecule is CCCCCCCCCCC([C]=O)C(=O)C(C)C. The van der Waals surface area contributed by atoms with Gasteiger partial charge >= 0.3 is 0 Å². The van der Waals surface area contributed by atoms with Gasteiger partial charge in [-0.05, 0) is 6.42 Å². The molecule has 1 unspecified atom stereocenters. The van der Waals surface area contributed by atoms with Crippen LogP contribution in [0.1, 0.15) is 78.6 Å². The van der Waals surface area contributed by atoms with Crippen LogP contribution in [-0.4, -0.2) is 12.1 Å². The lowest BCUT2D eigenvalue weighted by Crippen LogP contribution is -2.21. The summed E-state index contributed by atoms with van der Waals surface area (Å²) in [7, 11) is 0. The second-order valence-corrected chi connectivity index (χ2v) is 5.49. The molecular formula is C16H29O2. The van der Waals surface area contributed by atoms with Crippen molar-refractivity contribution in [3.8, 4) is 0 Å². The summed E-state index contributed by atoms with van der Waals surface area (Å²) in [5, 5.41) is 0. The molecule has 0 fully saturated rings. The van der Waals surface area contributed by atoms with E-state index in [2.05, 4.69) is 6.92 Å². The van der Waals surface area contributed by atoms with Gasteiger partial charge in [0.05, 0.1) is 5.92 Å². The molecule has 2 heteroatoms. The Kier molecular flexibility index (Phi) is 11.0. The van der Waals surface area contributed by atoms with Crippen molar-refractivity contribution >= 4 is 12.1 Å². The van der Waals surface area contributed by atoms with Gasteiger partial charge in [-0.15, -0.1) is 0 Å². The number of hydrogen-bond acceptors (Lipinski definition) is 2. The first-order chi connectivity index (χ1) is 8.63. The highest BCUT2D eigenvalue weighted by atomic mass is 16.1. The lowest BCUT2D eigenvalue weighted by Gasteiger charge is -2.10. The molecule has 1 radical (unpaired) electrons. The van der Waals surface area contributed by atoms with Crippen molar-refractivity contribution in [3.05, 3.63) is 0 Å². The summed E-state index contributed by atoms with van der Waals surface area (Å²) in [5.74, 6) is -0.483. The third-order valence-electron chi connectivity index (χ3n) is 3.40. The van der Waals surface area contributed by atoms with E-state index < -0.39 is 5.92 Å². The Hall–Kier alpha value is -0.660. The van der Waals surface area contributed by atoms with Crippen LogP contribution in [0.25, 0.3) is 0 Å². The van der Waals surface area contributed by atoms with Crippen molar-refractivity contribution in [1.82, 2.24) is 0 Å². The molecule has 0 aromatic rings. The molecule has 0 spiro atoms. The summed E-state index contributed by atoms with van der Waals surface area (Å²) >= 11 is 0. The second-order valence-electron chi connectivity index (χ2n) is 5.49. The zero-order chi connectivity index (χ0) is 13.8. The monoisotopic (exact) mass is 253 g/mol. The van der Waals surface area contributed by atoms with Gasteiger partial charge in [0.25, 0.3) is 0 Å². The summed E-state index contributed by atoms with van der Waals surface area (Å²) in [6.45, 7) is 5.92. The smallest absolute Gasteiger partial charge is 0.209 e. The minimum absolute atomic E-state index is 0.0490. The zero-order valence-electron chi connectivity index (χ0n) is 12.3. The average molecular weight is 253 g/mol. The maximum absolute atomic E-state index is 11.6. The van der Waals surface area contributed by atoms with Gasteiger partial charge in [-0.2, -0.15) is 0 Å². The minimum atomic E-state index is -0.481. The Labute approximate surface area is 113 Å². The van der Waals surface area contributed by atoms with E-state index in [-0.39, 0.29) is 11.7 Å². The summed E-state index contributed by atoms with van der Waals surface area (Å²) in [4.78, 5) is 22.4. The van der Waals surface area contributed by atoms with Crippen LogP contribution in [0.5, 0.6) is 0 Å². The van der Waals surface area contributed by atoms with Crippen molar-refractivity contribution < 1.29 is 9.59 Å². The average Bonchev–Trinajstić information content (AvgIpc) is 2.36. The van der Waals surface area contributed by atoms with Crippen molar-refractivity contribution in [2.45, 2.75) is 78.6 Å². The van der Waals surface area contributed by atoms with Crippen LogP contribution in [0, 0.1) is 11.8 Å². The van der Waals surface area contributed by atoms with Gasteiger partial charge in [-0.3, -0.25) is 9.59 Å². The maximum Gasteiger partial charge on any atom is 0.209 e. The molecule has 0 aromatic heterocycles. The molecule has 0 aliphatic heterocycles. The predicted molar refractivity (Wildman–Crippen MR) is 76.3 cm³/mol. The Morgan fingerprint density at radius 1 is 0.944 bits per heavy atom. The summed E-state index contributed by atoms with van der Waals surface area (Å²) in [6.07, 6.45) is 12.5. The van der Waals surface area contributed by atoms with Crippen LogP contribution in [0.4, 0.5) is 0 Å². The molecule has 0 aliphatic rings. The summed E-state index contributed by atoms with van der Waals surface area (Å²) < 4.78 is 0. The number of rotatable bonds is 12. The molecule has 0 aromatic carbocycles. The van der Waals surface area contributed by atoms with Crippen LogP contribution in [0.15, 0.2) is 0 Å². The molecule has 0 N–H and O–H groups in total. The van der Waals surface area contributed by atoms with Gasteiger partial charge in [0.15, 0.2) is 0 Å². The molecule has 18 heavy (non-hydrogen) atoms. The normalized spacial score (nSPS) is 12.7. The number of unbranched alkanes of at least 4 members (excludes halogenated alkanes) is 7. The first-order valence-corrected chi connectivity index (χ1v) is 7.54. The first-order valence-electron chi connectivity index (χ1n) is 7.54. The standard InChI is InChI=1S/C16H29O2/c1-4-5-6-7-8-9-10-11-12-15(13-17)16(18)14(2)3/h14-15H,4-12H2,1-3H3. The lowest BCUT2D eigenvalue weighted by atomic mass is 9.91. The number of Topliss-reactive ketones (excluding diaryl/α,β-unsaturated/α-hetero) is 1. The predicted octanol–water partition coefficient (Wildman–Crippen LogP) is 4.47. The van der Waals surface area contributed by atoms with Crippen molar-refractivity contribution in [2.75, 3.05) is 0 Å². The van der Waals surface area contributed by atoms with Gasteiger partial charge in [-0.25, -0.2) is 0 Å². The van der Waals surface area contributed by atoms with E-state index in [1.807, 2.05) is 20.1 Å². The van der Waals surface area contributed by atoms with Crippen molar-refractivity contribution in [3.63, 3.8) is 0 Å². The second kappa shape index (κ2) is 11.4. The third-order valence-corrected chi connectivity index (χ3v) is 3.40. The van der Waals surface area contributed by atoms with E-state index in [1.165, 1.54) is 38.5 Å². The van der Waals surface area contributed by atoms with Gasteiger partial charge in [0.1, 0.15) is 5.78 Å². The van der Waals surface area contributed by atoms with Crippen LogP contribution in [0.3, 0.4) is 0 Å². The van der Waals surface area contributed by atoms with Crippen LogP contribution < -0.4 is 0 Å². The zero-order valence-corrected chi connectivity index (χ0v) is 12.3. The fourth-order valence-corrected chi connectivity index (χ4v) is 2.14. The van der Waals surface area contributed by atoms with E-state index in [0.717, 1.165) is 12.8 Å². The lowest BCUT2D eigenvalue weighted by molar-refractivity contribution is -0.124. The molecule has 0 rings (SSSR count). The highest BCUT2D eigenvalue weighted by Crippen LogP contribution is 2.15. The Morgan fingerprint density at radius 2 is 1.44 bits per heavy atom. The van der Waals surface area contributed by atoms with E-state index in [4.69, 9.17) is 0 Å². The van der Waals surface area contributed by atoms with Crippen LogP contribution in [0.2, 0.25) is 0 Å². The van der Waals surface area contributed by atoms with E-state index in [1.54, 1.807) is 0 Å². The number of carbonyl (C=O) groups is 1. The fraction of sp³-hybridized carbons (Fsp3) is 0.875. The molecule has 0 heterocycles. The maximum atomic E-state index is 11.6. The molecule has 0 bridgehead atoms. The van der Waals surface area contributed by atoms with Gasteiger partial charge in [0.2, 0.25) is 6.29 Å². The number of ketones is 1. The summed E-state index contributed by atoms with van der Waals surface area (Å²) in [5.41, 5.74) is 0. The van der Waals surface area contributed by atoms with Crippen LogP contribution >= 0.6 is 0 Å². The van der Waals surface area contributed by atoms with E-state index in [9.17, 15) is 9.59 Å². The third kappa shape index (κ3) is 8.43. The Morgan fingerprint density at radius 3 is 1.89 bits per heavy atom. The van der Waals surface area contributed by atoms with Crippen molar-refractivity contribution in [2.24, 2.45) is 11.8 Å². The summed E-state index contributed by atoms with van der Waals surface area (Å²) in [6, 6.07) is 0. The molecule has 0 saturated carbocycles. The molecule has 0 saturated heterocycles. The molecular weight excluding hydrogens is 224 g/mol. The van der Waals surface area contributed by atoms with Gasteiger partial charge < -0.3 is 0 Å². The molecule has 2 nitrogen and oxygen atoms in total. The fourth-order valence-electron chi connectivity index (χ4n) is 2.14. The molecule has 105 valence electrons. The highest BCUT2D eigenvalue weighted by molar-refractivity contribution is 5.94. The Balaban J connectivity index is 3.51. The first kappa shape index (κ1) is 17.3. The van der Waals surface area contributed by atoms with E-state index in [0.29, 0.717) is 6.42 Å².